The first-order valence-electron chi connectivity index (χ1n) is 22.1. The summed E-state index contributed by atoms with van der Waals surface area (Å²) in [6.07, 6.45) is 0. The standard InChI is InChI=1S/C61H41N3Si/c62-42-43-33-36-47(37-34-43)64-59-32-13-10-27-54(59)56-30-16-29-53(61(56)64)46-35-38-60-57(40-46)55-28-11-12-31-58(55)63(60)48-20-15-26-52(41-48)65(49-21-6-2-7-22-49,50-23-8-3-9-24-50)51-25-14-19-45(39-51)44-17-4-1-5-18-44/h1-41H. The highest BCUT2D eigenvalue weighted by Gasteiger charge is 2.42. The van der Waals surface area contributed by atoms with Gasteiger partial charge in [-0.1, -0.05) is 188 Å². The average Bonchev–Trinajstić information content (AvgIpc) is 3.91. The molecule has 0 amide bonds. The minimum atomic E-state index is -2.91. The normalized spacial score (nSPS) is 11.7. The zero-order chi connectivity index (χ0) is 43.3. The Hall–Kier alpha value is -8.49. The number of aromatic nitrogens is 2. The van der Waals surface area contributed by atoms with Gasteiger partial charge in [-0.25, -0.2) is 0 Å². The molecule has 0 bridgehead atoms. The Labute approximate surface area is 379 Å². The van der Waals surface area contributed by atoms with Crippen LogP contribution in [0, 0.1) is 11.3 Å². The highest BCUT2D eigenvalue weighted by Crippen LogP contribution is 2.41. The van der Waals surface area contributed by atoms with Crippen molar-refractivity contribution in [1.82, 2.24) is 9.13 Å². The van der Waals surface area contributed by atoms with Crippen LogP contribution in [0.4, 0.5) is 0 Å². The van der Waals surface area contributed by atoms with Gasteiger partial charge in [-0.3, -0.25) is 0 Å². The van der Waals surface area contributed by atoms with Crippen LogP contribution in [0.1, 0.15) is 5.56 Å². The summed E-state index contributed by atoms with van der Waals surface area (Å²) in [6, 6.07) is 93.1. The van der Waals surface area contributed by atoms with Crippen molar-refractivity contribution in [3.63, 3.8) is 0 Å². The maximum Gasteiger partial charge on any atom is 0.179 e. The van der Waals surface area contributed by atoms with Crippen molar-refractivity contribution >= 4 is 72.4 Å². The highest BCUT2D eigenvalue weighted by atomic mass is 28.3. The lowest BCUT2D eigenvalue weighted by Crippen LogP contribution is -2.74. The fraction of sp³-hybridized carbons (Fsp3) is 0. The monoisotopic (exact) mass is 843 g/mol. The Morgan fingerprint density at radius 2 is 0.846 bits per heavy atom. The molecule has 3 nitrogen and oxygen atoms in total. The first kappa shape index (κ1) is 38.2. The van der Waals surface area contributed by atoms with Crippen LogP contribution in [-0.4, -0.2) is 17.2 Å². The minimum Gasteiger partial charge on any atom is -0.309 e. The second-order valence-electron chi connectivity index (χ2n) is 16.8. The summed E-state index contributed by atoms with van der Waals surface area (Å²) in [5, 5.41) is 19.8. The van der Waals surface area contributed by atoms with Gasteiger partial charge in [-0.2, -0.15) is 5.26 Å². The molecule has 0 N–H and O–H groups in total. The molecule has 0 aliphatic rings. The van der Waals surface area contributed by atoms with Gasteiger partial charge in [0, 0.05) is 38.5 Å². The molecule has 2 heterocycles. The predicted molar refractivity (Wildman–Crippen MR) is 274 cm³/mol. The minimum absolute atomic E-state index is 0.646. The molecule has 2 aromatic heterocycles. The summed E-state index contributed by atoms with van der Waals surface area (Å²) in [5.41, 5.74) is 12.1. The number of rotatable bonds is 8. The largest absolute Gasteiger partial charge is 0.309 e. The molecule has 0 unspecified atom stereocenters. The Kier molecular flexibility index (Phi) is 9.22. The van der Waals surface area contributed by atoms with E-state index in [1.54, 1.807) is 0 Å². The lowest BCUT2D eigenvalue weighted by molar-refractivity contribution is 1.18. The van der Waals surface area contributed by atoms with E-state index < -0.39 is 8.07 Å². The van der Waals surface area contributed by atoms with E-state index in [0.29, 0.717) is 5.56 Å². The molecular weight excluding hydrogens is 803 g/mol. The van der Waals surface area contributed by atoms with E-state index in [0.717, 1.165) is 39.1 Å². The SMILES string of the molecule is N#Cc1ccc(-n2c3ccccc3c3cccc(-c4ccc5c(c4)c4ccccc4n5-c4cccc([Si](c5ccccc5)(c5ccccc5)c5cccc(-c6ccccc6)c5)c4)c32)cc1. The zero-order valence-corrected chi connectivity index (χ0v) is 36.5. The zero-order valence-electron chi connectivity index (χ0n) is 35.5. The van der Waals surface area contributed by atoms with Crippen LogP contribution in [0.5, 0.6) is 0 Å². The third-order valence-electron chi connectivity index (χ3n) is 13.3. The number of benzene rings is 10. The molecule has 0 spiro atoms. The molecule has 4 heteroatoms. The van der Waals surface area contributed by atoms with Gasteiger partial charge in [-0.05, 0) is 98.1 Å². The first-order chi connectivity index (χ1) is 32.2. The van der Waals surface area contributed by atoms with Gasteiger partial charge in [0.1, 0.15) is 0 Å². The second-order valence-corrected chi connectivity index (χ2v) is 20.6. The Balaban J connectivity index is 1.08. The van der Waals surface area contributed by atoms with Gasteiger partial charge in [0.2, 0.25) is 0 Å². The van der Waals surface area contributed by atoms with Crippen molar-refractivity contribution < 1.29 is 0 Å². The molecule has 65 heavy (non-hydrogen) atoms. The van der Waals surface area contributed by atoms with Crippen LogP contribution >= 0.6 is 0 Å². The fourth-order valence-corrected chi connectivity index (χ4v) is 15.3. The van der Waals surface area contributed by atoms with Crippen molar-refractivity contribution in [2.45, 2.75) is 0 Å². The van der Waals surface area contributed by atoms with Crippen LogP contribution in [0.3, 0.4) is 0 Å². The van der Waals surface area contributed by atoms with Crippen molar-refractivity contribution in [1.29, 1.82) is 5.26 Å². The lowest BCUT2D eigenvalue weighted by atomic mass is 10.00. The summed E-state index contributed by atoms with van der Waals surface area (Å²) in [5.74, 6) is 0. The van der Waals surface area contributed by atoms with Gasteiger partial charge in [0.25, 0.3) is 0 Å². The lowest BCUT2D eigenvalue weighted by Gasteiger charge is -2.35. The average molecular weight is 844 g/mol. The van der Waals surface area contributed by atoms with E-state index in [1.807, 2.05) is 12.1 Å². The smallest absolute Gasteiger partial charge is 0.179 e. The maximum atomic E-state index is 9.61. The number of nitrogens with zero attached hydrogens (tertiary/aromatic N) is 3. The van der Waals surface area contributed by atoms with Gasteiger partial charge in [-0.15, -0.1) is 0 Å². The Bertz CT molecular complexity index is 3730. The van der Waals surface area contributed by atoms with E-state index in [9.17, 15) is 5.26 Å². The van der Waals surface area contributed by atoms with Crippen LogP contribution in [-0.2, 0) is 0 Å². The van der Waals surface area contributed by atoms with Crippen LogP contribution in [0.2, 0.25) is 0 Å². The third-order valence-corrected chi connectivity index (χ3v) is 18.0. The quantitative estimate of drug-likeness (QED) is 0.111. The summed E-state index contributed by atoms with van der Waals surface area (Å²) < 4.78 is 4.81. The molecule has 0 saturated carbocycles. The predicted octanol–water partition coefficient (Wildman–Crippen LogP) is 12.5. The molecule has 12 rings (SSSR count). The summed E-state index contributed by atoms with van der Waals surface area (Å²) in [7, 11) is -2.91. The molecule has 0 fully saturated rings. The molecule has 304 valence electrons. The number of hydrogen-bond acceptors (Lipinski definition) is 1. The molecule has 0 aliphatic heterocycles. The molecule has 0 radical (unpaired) electrons. The second kappa shape index (κ2) is 15.7. The van der Waals surface area contributed by atoms with Crippen molar-refractivity contribution in [3.8, 4) is 39.7 Å². The van der Waals surface area contributed by atoms with E-state index >= 15 is 0 Å². The number of para-hydroxylation sites is 3. The van der Waals surface area contributed by atoms with Gasteiger partial charge in [0.05, 0.1) is 33.7 Å². The maximum absolute atomic E-state index is 9.61. The number of hydrogen-bond donors (Lipinski definition) is 0. The van der Waals surface area contributed by atoms with Crippen LogP contribution < -0.4 is 20.7 Å². The van der Waals surface area contributed by atoms with Crippen molar-refractivity contribution in [2.24, 2.45) is 0 Å². The molecule has 12 aromatic rings. The van der Waals surface area contributed by atoms with Crippen molar-refractivity contribution in [2.75, 3.05) is 0 Å². The van der Waals surface area contributed by atoms with E-state index in [-0.39, 0.29) is 0 Å². The molecular formula is C61H41N3Si. The third kappa shape index (κ3) is 6.17. The summed E-state index contributed by atoms with van der Waals surface area (Å²) >= 11 is 0. The Morgan fingerprint density at radius 1 is 0.323 bits per heavy atom. The Morgan fingerprint density at radius 3 is 1.54 bits per heavy atom. The number of fused-ring (bicyclic) bond motifs is 6. The highest BCUT2D eigenvalue weighted by molar-refractivity contribution is 7.20. The van der Waals surface area contributed by atoms with Gasteiger partial charge in [0.15, 0.2) is 8.07 Å². The number of nitriles is 1. The van der Waals surface area contributed by atoms with Crippen molar-refractivity contribution in [3.05, 3.63) is 254 Å². The molecule has 0 saturated heterocycles. The molecule has 0 aliphatic carbocycles. The molecule has 10 aromatic carbocycles. The van der Waals surface area contributed by atoms with Crippen LogP contribution in [0.15, 0.2) is 249 Å². The van der Waals surface area contributed by atoms with Gasteiger partial charge >= 0.3 is 0 Å². The van der Waals surface area contributed by atoms with Gasteiger partial charge < -0.3 is 9.13 Å². The van der Waals surface area contributed by atoms with E-state index in [4.69, 9.17) is 0 Å². The summed E-state index contributed by atoms with van der Waals surface area (Å²) in [4.78, 5) is 0. The topological polar surface area (TPSA) is 33.6 Å². The van der Waals surface area contributed by atoms with E-state index in [2.05, 4.69) is 252 Å². The summed E-state index contributed by atoms with van der Waals surface area (Å²) in [6.45, 7) is 0. The molecule has 0 atom stereocenters. The fourth-order valence-electron chi connectivity index (χ4n) is 10.4. The first-order valence-corrected chi connectivity index (χ1v) is 24.1. The van der Waals surface area contributed by atoms with Crippen LogP contribution in [0.25, 0.3) is 77.2 Å². The van der Waals surface area contributed by atoms with E-state index in [1.165, 1.54) is 58.9 Å².